The molecule has 19 heavy (non-hydrogen) atoms. The zero-order valence-corrected chi connectivity index (χ0v) is 10.9. The maximum Gasteiger partial charge on any atom is 0.276 e. The lowest BCUT2D eigenvalue weighted by Gasteiger charge is -2.03. The first-order valence-electron chi connectivity index (χ1n) is 5.84. The maximum absolute atomic E-state index is 12.1. The second-order valence-corrected chi connectivity index (χ2v) is 4.32. The summed E-state index contributed by atoms with van der Waals surface area (Å²) in [7, 11) is 0. The topological polar surface area (TPSA) is 66.9 Å². The number of anilines is 1. The van der Waals surface area contributed by atoms with Crippen LogP contribution in [0.3, 0.4) is 0 Å². The summed E-state index contributed by atoms with van der Waals surface area (Å²) in [6.07, 6.45) is 0. The Bertz CT molecular complexity index is 680. The molecule has 1 amide bonds. The highest BCUT2D eigenvalue weighted by atomic mass is 16.2. The van der Waals surface area contributed by atoms with Crippen LogP contribution in [0.5, 0.6) is 0 Å². The Hall–Kier alpha value is -2.56. The molecule has 0 spiro atoms. The van der Waals surface area contributed by atoms with E-state index in [1.807, 2.05) is 30.3 Å². The van der Waals surface area contributed by atoms with Gasteiger partial charge >= 0.3 is 0 Å². The molecule has 0 aliphatic rings. The zero-order chi connectivity index (χ0) is 14.0. The van der Waals surface area contributed by atoms with Crippen molar-refractivity contribution in [2.45, 2.75) is 13.8 Å². The Morgan fingerprint density at radius 2 is 1.95 bits per heavy atom. The molecular weight excluding hydrogens is 242 g/mol. The lowest BCUT2D eigenvalue weighted by Crippen LogP contribution is -2.15. The molecule has 0 saturated heterocycles. The van der Waals surface area contributed by atoms with Gasteiger partial charge in [-0.2, -0.15) is 0 Å². The van der Waals surface area contributed by atoms with Gasteiger partial charge in [0.25, 0.3) is 11.5 Å². The monoisotopic (exact) mass is 257 g/mol. The van der Waals surface area contributed by atoms with Gasteiger partial charge in [-0.3, -0.25) is 14.7 Å². The first-order chi connectivity index (χ1) is 9.00. The molecule has 0 bridgehead atoms. The van der Waals surface area contributed by atoms with E-state index in [2.05, 4.69) is 17.0 Å². The molecular formula is C14H15N3O2. The molecule has 0 radical (unpaired) electrons. The van der Waals surface area contributed by atoms with Gasteiger partial charge in [0.05, 0.1) is 11.3 Å². The van der Waals surface area contributed by atoms with E-state index in [1.165, 1.54) is 4.68 Å². The van der Waals surface area contributed by atoms with E-state index in [4.69, 9.17) is 0 Å². The highest BCUT2D eigenvalue weighted by Crippen LogP contribution is 2.11. The van der Waals surface area contributed by atoms with E-state index in [1.54, 1.807) is 13.8 Å². The molecule has 2 N–H and O–H groups in total. The summed E-state index contributed by atoms with van der Waals surface area (Å²) < 4.78 is 1.39. The summed E-state index contributed by atoms with van der Waals surface area (Å²) in [5.41, 5.74) is 1.36. The third-order valence-electron chi connectivity index (χ3n) is 2.76. The normalized spacial score (nSPS) is 10.2. The first kappa shape index (κ1) is 12.9. The first-order valence-corrected chi connectivity index (χ1v) is 5.84. The van der Waals surface area contributed by atoms with Gasteiger partial charge in [-0.05, 0) is 26.0 Å². The van der Waals surface area contributed by atoms with Gasteiger partial charge in [0.2, 0.25) is 0 Å². The van der Waals surface area contributed by atoms with Crippen LogP contribution >= 0.6 is 0 Å². The van der Waals surface area contributed by atoms with E-state index in [0.717, 1.165) is 0 Å². The molecule has 0 unspecified atom stereocenters. The summed E-state index contributed by atoms with van der Waals surface area (Å²) in [4.78, 5) is 23.7. The fourth-order valence-corrected chi connectivity index (χ4v) is 1.62. The summed E-state index contributed by atoms with van der Waals surface area (Å²) in [6, 6.07) is 9.16. The highest BCUT2D eigenvalue weighted by molar-refractivity contribution is 6.02. The van der Waals surface area contributed by atoms with E-state index in [-0.39, 0.29) is 11.5 Å². The Morgan fingerprint density at radius 1 is 1.32 bits per heavy atom. The lowest BCUT2D eigenvalue weighted by atomic mass is 10.3. The standard InChI is InChI=1S/C14H15N3O2/c1-9(2)13(18)15-12-10(3)14(19)17(16-12)11-7-5-4-6-8-11/h4-8,16H,1H2,2-3H3,(H,15,18). The average molecular weight is 257 g/mol. The number of hydrogen-bond acceptors (Lipinski definition) is 2. The van der Waals surface area contributed by atoms with Crippen LogP contribution in [0.1, 0.15) is 12.5 Å². The minimum absolute atomic E-state index is 0.191. The maximum atomic E-state index is 12.1. The van der Waals surface area contributed by atoms with E-state index < -0.39 is 0 Å². The Balaban J connectivity index is 2.42. The van der Waals surface area contributed by atoms with Gasteiger partial charge < -0.3 is 5.32 Å². The summed E-state index contributed by atoms with van der Waals surface area (Å²) >= 11 is 0. The van der Waals surface area contributed by atoms with E-state index >= 15 is 0 Å². The number of H-pyrrole nitrogens is 1. The minimum Gasteiger partial charge on any atom is -0.307 e. The van der Waals surface area contributed by atoms with E-state index in [0.29, 0.717) is 22.6 Å². The third kappa shape index (κ3) is 2.49. The molecule has 0 fully saturated rings. The van der Waals surface area contributed by atoms with Gasteiger partial charge in [-0.1, -0.05) is 24.8 Å². The van der Waals surface area contributed by atoms with Crippen LogP contribution in [-0.2, 0) is 4.79 Å². The molecule has 1 aromatic carbocycles. The second-order valence-electron chi connectivity index (χ2n) is 4.32. The van der Waals surface area contributed by atoms with Gasteiger partial charge in [-0.25, -0.2) is 4.68 Å². The molecule has 2 rings (SSSR count). The molecule has 1 aromatic heterocycles. The molecule has 2 aromatic rings. The Kier molecular flexibility index (Phi) is 3.37. The number of aromatic amines is 1. The number of carbonyl (C=O) groups excluding carboxylic acids is 1. The number of amides is 1. The Morgan fingerprint density at radius 3 is 2.53 bits per heavy atom. The van der Waals surface area contributed by atoms with Crippen LogP contribution in [0.15, 0.2) is 47.3 Å². The smallest absolute Gasteiger partial charge is 0.276 e. The Labute approximate surface area is 110 Å². The number of nitrogens with one attached hydrogen (secondary N) is 2. The fraction of sp³-hybridized carbons (Fsp3) is 0.143. The van der Waals surface area contributed by atoms with Crippen LogP contribution in [0.25, 0.3) is 5.69 Å². The molecule has 0 saturated carbocycles. The predicted molar refractivity (Wildman–Crippen MR) is 74.6 cm³/mol. The van der Waals surface area contributed by atoms with Crippen LogP contribution in [0, 0.1) is 6.92 Å². The quantitative estimate of drug-likeness (QED) is 0.826. The van der Waals surface area contributed by atoms with Crippen molar-refractivity contribution in [3.05, 3.63) is 58.4 Å². The number of benzene rings is 1. The van der Waals surface area contributed by atoms with Gasteiger partial charge in [0.1, 0.15) is 5.82 Å². The number of rotatable bonds is 3. The molecule has 0 aliphatic heterocycles. The fourth-order valence-electron chi connectivity index (χ4n) is 1.62. The zero-order valence-electron chi connectivity index (χ0n) is 10.9. The van der Waals surface area contributed by atoms with Crippen LogP contribution < -0.4 is 10.9 Å². The number of nitrogens with zero attached hydrogens (tertiary/aromatic N) is 1. The second kappa shape index (κ2) is 4.97. The molecule has 5 nitrogen and oxygen atoms in total. The predicted octanol–water partition coefficient (Wildman–Crippen LogP) is 1.99. The number of para-hydroxylation sites is 1. The largest absolute Gasteiger partial charge is 0.307 e. The third-order valence-corrected chi connectivity index (χ3v) is 2.76. The van der Waals surface area contributed by atoms with Crippen molar-refractivity contribution in [2.75, 3.05) is 5.32 Å². The molecule has 0 atom stereocenters. The summed E-state index contributed by atoms with van der Waals surface area (Å²) in [5.74, 6) is 0.0754. The number of hydrogen-bond donors (Lipinski definition) is 2. The summed E-state index contributed by atoms with van der Waals surface area (Å²) in [6.45, 7) is 6.82. The van der Waals surface area contributed by atoms with Crippen molar-refractivity contribution < 1.29 is 4.79 Å². The summed E-state index contributed by atoms with van der Waals surface area (Å²) in [5, 5.41) is 5.51. The van der Waals surface area contributed by atoms with E-state index in [9.17, 15) is 9.59 Å². The van der Waals surface area contributed by atoms with Gasteiger partial charge in [0, 0.05) is 5.57 Å². The molecule has 5 heteroatoms. The molecule has 0 aliphatic carbocycles. The van der Waals surface area contributed by atoms with Gasteiger partial charge in [-0.15, -0.1) is 0 Å². The SMILES string of the molecule is C=C(C)C(=O)Nc1[nH]n(-c2ccccc2)c(=O)c1C. The highest BCUT2D eigenvalue weighted by Gasteiger charge is 2.13. The van der Waals surface area contributed by atoms with Crippen molar-refractivity contribution in [3.63, 3.8) is 0 Å². The number of aromatic nitrogens is 2. The average Bonchev–Trinajstić information content (AvgIpc) is 2.68. The van der Waals surface area contributed by atoms with Crippen molar-refractivity contribution >= 4 is 11.7 Å². The van der Waals surface area contributed by atoms with Crippen molar-refractivity contribution in [2.24, 2.45) is 0 Å². The van der Waals surface area contributed by atoms with Crippen molar-refractivity contribution in [1.82, 2.24) is 9.78 Å². The van der Waals surface area contributed by atoms with Gasteiger partial charge in [0.15, 0.2) is 0 Å². The van der Waals surface area contributed by atoms with Crippen molar-refractivity contribution in [1.29, 1.82) is 0 Å². The van der Waals surface area contributed by atoms with Crippen LogP contribution in [-0.4, -0.2) is 15.7 Å². The molecule has 1 heterocycles. The number of carbonyl (C=O) groups is 1. The van der Waals surface area contributed by atoms with Crippen LogP contribution in [0.4, 0.5) is 5.82 Å². The molecule has 98 valence electrons. The van der Waals surface area contributed by atoms with Crippen molar-refractivity contribution in [3.8, 4) is 5.69 Å². The minimum atomic E-state index is -0.315. The van der Waals surface area contributed by atoms with Crippen LogP contribution in [0.2, 0.25) is 0 Å². The lowest BCUT2D eigenvalue weighted by molar-refractivity contribution is -0.112.